The van der Waals surface area contributed by atoms with Gasteiger partial charge >= 0.3 is 0 Å². The molecule has 0 aliphatic rings. The second-order valence-corrected chi connectivity index (χ2v) is 7.05. The van der Waals surface area contributed by atoms with E-state index in [1.54, 1.807) is 31.2 Å². The first-order chi connectivity index (χ1) is 9.24. The number of hydrogen-bond donors (Lipinski definition) is 2. The van der Waals surface area contributed by atoms with E-state index in [0.29, 0.717) is 11.4 Å². The Hall–Kier alpha value is -0.880. The van der Waals surface area contributed by atoms with E-state index in [1.807, 2.05) is 6.92 Å². The van der Waals surface area contributed by atoms with Gasteiger partial charge in [0.05, 0.1) is 5.60 Å². The fourth-order valence-corrected chi connectivity index (χ4v) is 2.74. The summed E-state index contributed by atoms with van der Waals surface area (Å²) >= 11 is 5.75. The van der Waals surface area contributed by atoms with Crippen LogP contribution < -0.4 is 4.72 Å². The van der Waals surface area contributed by atoms with Crippen molar-refractivity contribution in [2.24, 2.45) is 0 Å². The number of nitrogens with one attached hydrogen (secondary N) is 1. The van der Waals surface area contributed by atoms with Crippen molar-refractivity contribution in [2.75, 3.05) is 6.54 Å². The highest BCUT2D eigenvalue weighted by Crippen LogP contribution is 2.12. The molecule has 1 rings (SSSR count). The van der Waals surface area contributed by atoms with Crippen LogP contribution in [-0.4, -0.2) is 25.7 Å². The Morgan fingerprint density at radius 2 is 1.95 bits per heavy atom. The number of benzene rings is 1. The smallest absolute Gasteiger partial charge is 0.233 e. The lowest BCUT2D eigenvalue weighted by Gasteiger charge is -2.22. The molecule has 6 heteroatoms. The maximum Gasteiger partial charge on any atom is 0.233 e. The molecule has 4 nitrogen and oxygen atoms in total. The van der Waals surface area contributed by atoms with Crippen molar-refractivity contribution in [3.63, 3.8) is 0 Å². The summed E-state index contributed by atoms with van der Waals surface area (Å²) in [6.07, 6.45) is 2.80. The van der Waals surface area contributed by atoms with Crippen molar-refractivity contribution in [3.8, 4) is 0 Å². The summed E-state index contributed by atoms with van der Waals surface area (Å²) in [6, 6.07) is 6.82. The second-order valence-electron chi connectivity index (χ2n) is 4.97. The molecule has 0 amide bonds. The zero-order valence-corrected chi connectivity index (χ0v) is 13.2. The molecule has 0 saturated heterocycles. The van der Waals surface area contributed by atoms with Gasteiger partial charge in [-0.3, -0.25) is 0 Å². The van der Waals surface area contributed by atoms with Crippen molar-refractivity contribution in [1.29, 1.82) is 0 Å². The largest absolute Gasteiger partial charge is 0.389 e. The van der Waals surface area contributed by atoms with Crippen LogP contribution in [0.5, 0.6) is 0 Å². The molecule has 1 aromatic rings. The van der Waals surface area contributed by atoms with Crippen LogP contribution >= 0.6 is 11.6 Å². The highest BCUT2D eigenvalue weighted by atomic mass is 35.5. The molecular weight excluding hydrogens is 298 g/mol. The zero-order chi connectivity index (χ0) is 15.2. The average Bonchev–Trinajstić information content (AvgIpc) is 2.36. The van der Waals surface area contributed by atoms with Gasteiger partial charge in [-0.15, -0.1) is 0 Å². The molecule has 20 heavy (non-hydrogen) atoms. The molecule has 0 aromatic heterocycles. The van der Waals surface area contributed by atoms with Crippen LogP contribution in [0.15, 0.2) is 29.7 Å². The van der Waals surface area contributed by atoms with E-state index >= 15 is 0 Å². The maximum absolute atomic E-state index is 11.8. The third-order valence-corrected chi connectivity index (χ3v) is 4.05. The Morgan fingerprint density at radius 3 is 2.50 bits per heavy atom. The Kier molecular flexibility index (Phi) is 6.20. The Balaban J connectivity index is 2.63. The van der Waals surface area contributed by atoms with Crippen molar-refractivity contribution >= 4 is 27.7 Å². The topological polar surface area (TPSA) is 66.4 Å². The van der Waals surface area contributed by atoms with Crippen molar-refractivity contribution < 1.29 is 13.5 Å². The van der Waals surface area contributed by atoms with Gasteiger partial charge in [-0.05, 0) is 37.1 Å². The van der Waals surface area contributed by atoms with Gasteiger partial charge < -0.3 is 5.11 Å². The number of aliphatic hydroxyl groups is 1. The molecule has 0 aliphatic heterocycles. The standard InChI is InChI=1S/C14H20ClNO3S/c1-3-9-14(2,17)11-16-20(18,19)10-8-12-4-6-13(15)7-5-12/h4-8,10,16-17H,3,9,11H2,1-2H3/b10-8+. The van der Waals surface area contributed by atoms with Gasteiger partial charge in [0.2, 0.25) is 10.0 Å². The zero-order valence-electron chi connectivity index (χ0n) is 11.6. The highest BCUT2D eigenvalue weighted by molar-refractivity contribution is 7.92. The lowest BCUT2D eigenvalue weighted by Crippen LogP contribution is -2.39. The third kappa shape index (κ3) is 6.52. The van der Waals surface area contributed by atoms with E-state index in [9.17, 15) is 13.5 Å². The van der Waals surface area contributed by atoms with E-state index in [-0.39, 0.29) is 6.54 Å². The highest BCUT2D eigenvalue weighted by Gasteiger charge is 2.21. The molecule has 112 valence electrons. The fraction of sp³-hybridized carbons (Fsp3) is 0.429. The first kappa shape index (κ1) is 17.2. The fourth-order valence-electron chi connectivity index (χ4n) is 1.67. The summed E-state index contributed by atoms with van der Waals surface area (Å²) in [5, 5.41) is 11.6. The maximum atomic E-state index is 11.8. The molecule has 0 spiro atoms. The minimum atomic E-state index is -3.56. The molecule has 0 fully saturated rings. The first-order valence-electron chi connectivity index (χ1n) is 6.40. The van der Waals surface area contributed by atoms with Gasteiger partial charge in [-0.25, -0.2) is 13.1 Å². The number of hydrogen-bond acceptors (Lipinski definition) is 3. The van der Waals surface area contributed by atoms with Crippen molar-refractivity contribution in [1.82, 2.24) is 4.72 Å². The Bertz CT molecular complexity index is 550. The molecule has 1 unspecified atom stereocenters. The lowest BCUT2D eigenvalue weighted by molar-refractivity contribution is 0.0555. The van der Waals surface area contributed by atoms with Gasteiger partial charge in [0.1, 0.15) is 0 Å². The van der Waals surface area contributed by atoms with Crippen molar-refractivity contribution in [3.05, 3.63) is 40.3 Å². The number of sulfonamides is 1. The monoisotopic (exact) mass is 317 g/mol. The molecule has 0 saturated carbocycles. The van der Waals surface area contributed by atoms with Crippen LogP contribution in [0.25, 0.3) is 6.08 Å². The second kappa shape index (κ2) is 7.22. The van der Waals surface area contributed by atoms with Crippen LogP contribution in [0.2, 0.25) is 5.02 Å². The van der Waals surface area contributed by atoms with Crippen LogP contribution in [0.4, 0.5) is 0 Å². The Labute approximate surface area is 125 Å². The molecule has 1 atom stereocenters. The first-order valence-corrected chi connectivity index (χ1v) is 8.32. The Morgan fingerprint density at radius 1 is 1.35 bits per heavy atom. The van der Waals surface area contributed by atoms with Crippen LogP contribution in [-0.2, 0) is 10.0 Å². The molecule has 2 N–H and O–H groups in total. The predicted octanol–water partition coefficient (Wildman–Crippen LogP) is 2.78. The van der Waals surface area contributed by atoms with Crippen LogP contribution in [0.3, 0.4) is 0 Å². The van der Waals surface area contributed by atoms with Crippen LogP contribution in [0.1, 0.15) is 32.3 Å². The van der Waals surface area contributed by atoms with Gasteiger partial charge in [-0.1, -0.05) is 37.1 Å². The molecule has 0 bridgehead atoms. The van der Waals surface area contributed by atoms with Gasteiger partial charge in [0.25, 0.3) is 0 Å². The normalized spacial score (nSPS) is 15.4. The van der Waals surface area contributed by atoms with Gasteiger partial charge in [0.15, 0.2) is 0 Å². The van der Waals surface area contributed by atoms with E-state index in [2.05, 4.69) is 4.72 Å². The summed E-state index contributed by atoms with van der Waals surface area (Å²) in [5.41, 5.74) is -0.296. The molecule has 0 aliphatic carbocycles. The number of rotatable bonds is 7. The van der Waals surface area contributed by atoms with Crippen LogP contribution in [0, 0.1) is 0 Å². The minimum absolute atomic E-state index is 0.00582. The molecule has 0 heterocycles. The molecule has 1 aromatic carbocycles. The molecular formula is C14H20ClNO3S. The summed E-state index contributed by atoms with van der Waals surface area (Å²) in [5.74, 6) is 0. The third-order valence-electron chi connectivity index (χ3n) is 2.75. The van der Waals surface area contributed by atoms with Gasteiger partial charge in [-0.2, -0.15) is 0 Å². The van der Waals surface area contributed by atoms with Gasteiger partial charge in [0, 0.05) is 17.0 Å². The SMILES string of the molecule is CCCC(C)(O)CNS(=O)(=O)/C=C/c1ccc(Cl)cc1. The van der Waals surface area contributed by atoms with Crippen molar-refractivity contribution in [2.45, 2.75) is 32.3 Å². The average molecular weight is 318 g/mol. The van der Waals surface area contributed by atoms with E-state index in [1.165, 1.54) is 6.08 Å². The summed E-state index contributed by atoms with van der Waals surface area (Å²) in [7, 11) is -3.56. The summed E-state index contributed by atoms with van der Waals surface area (Å²) in [6.45, 7) is 3.54. The van der Waals surface area contributed by atoms with E-state index < -0.39 is 15.6 Å². The summed E-state index contributed by atoms with van der Waals surface area (Å²) in [4.78, 5) is 0. The quantitative estimate of drug-likeness (QED) is 0.812. The number of halogens is 1. The van der Waals surface area contributed by atoms with E-state index in [4.69, 9.17) is 11.6 Å². The summed E-state index contributed by atoms with van der Waals surface area (Å²) < 4.78 is 25.9. The predicted molar refractivity (Wildman–Crippen MR) is 82.9 cm³/mol. The minimum Gasteiger partial charge on any atom is -0.389 e. The lowest BCUT2D eigenvalue weighted by atomic mass is 10.0. The molecule has 0 radical (unpaired) electrons. The van der Waals surface area contributed by atoms with E-state index in [0.717, 1.165) is 17.4 Å².